The molecule has 0 fully saturated rings. The van der Waals surface area contributed by atoms with Crippen molar-refractivity contribution in [2.75, 3.05) is 24.5 Å². The highest BCUT2D eigenvalue weighted by Gasteiger charge is 2.25. The van der Waals surface area contributed by atoms with Crippen molar-refractivity contribution < 1.29 is 8.42 Å². The minimum Gasteiger partial charge on any atom is -0.369 e. The first-order valence-corrected chi connectivity index (χ1v) is 7.86. The zero-order chi connectivity index (χ0) is 12.5. The molecule has 4 nitrogen and oxygen atoms in total. The van der Waals surface area contributed by atoms with Crippen LogP contribution in [-0.2, 0) is 10.0 Å². The van der Waals surface area contributed by atoms with Crippen LogP contribution in [0.1, 0.15) is 13.3 Å². The zero-order valence-electron chi connectivity index (χ0n) is 9.61. The maximum Gasteiger partial charge on any atom is 0.242 e. The van der Waals surface area contributed by atoms with Crippen molar-refractivity contribution in [2.24, 2.45) is 0 Å². The summed E-state index contributed by atoms with van der Waals surface area (Å²) in [5, 5.41) is 0. The maximum absolute atomic E-state index is 12.0. The van der Waals surface area contributed by atoms with Crippen LogP contribution in [0.15, 0.2) is 27.6 Å². The summed E-state index contributed by atoms with van der Waals surface area (Å²) < 4.78 is 27.5. The fourth-order valence-corrected chi connectivity index (χ4v) is 3.76. The van der Waals surface area contributed by atoms with Gasteiger partial charge in [-0.3, -0.25) is 0 Å². The van der Waals surface area contributed by atoms with Gasteiger partial charge >= 0.3 is 0 Å². The monoisotopic (exact) mass is 318 g/mol. The van der Waals surface area contributed by atoms with E-state index in [9.17, 15) is 8.42 Å². The van der Waals surface area contributed by atoms with E-state index in [1.807, 2.05) is 12.1 Å². The molecule has 1 aliphatic rings. The average Bonchev–Trinajstić information content (AvgIpc) is 2.38. The largest absolute Gasteiger partial charge is 0.369 e. The minimum atomic E-state index is -3.37. The Kier molecular flexibility index (Phi) is 3.75. The van der Waals surface area contributed by atoms with E-state index >= 15 is 0 Å². The van der Waals surface area contributed by atoms with Gasteiger partial charge in [0.2, 0.25) is 10.0 Å². The number of hydrogen-bond donors (Lipinski definition) is 1. The molecule has 0 unspecified atom stereocenters. The standard InChI is InChI=1S/C11H15BrN2O2S/c1-2-6-14-7-5-13-17(15,16)11-8-9(12)3-4-10(11)14/h3-4,8,13H,2,5-7H2,1H3. The average molecular weight is 319 g/mol. The van der Waals surface area contributed by atoms with E-state index < -0.39 is 10.0 Å². The van der Waals surface area contributed by atoms with Crippen molar-refractivity contribution in [2.45, 2.75) is 18.2 Å². The van der Waals surface area contributed by atoms with Crippen molar-refractivity contribution in [3.63, 3.8) is 0 Å². The molecule has 0 aliphatic carbocycles. The summed E-state index contributed by atoms with van der Waals surface area (Å²) in [6.07, 6.45) is 0.996. The Bertz CT molecular complexity index is 516. The van der Waals surface area contributed by atoms with Crippen molar-refractivity contribution in [1.82, 2.24) is 4.72 Å². The third-order valence-electron chi connectivity index (χ3n) is 2.72. The van der Waals surface area contributed by atoms with E-state index in [2.05, 4.69) is 32.5 Å². The van der Waals surface area contributed by atoms with E-state index in [4.69, 9.17) is 0 Å². The molecule has 0 amide bonds. The summed E-state index contributed by atoms with van der Waals surface area (Å²) in [5.41, 5.74) is 0.792. The SMILES string of the molecule is CCCN1CCNS(=O)(=O)c2cc(Br)ccc21. The van der Waals surface area contributed by atoms with Gasteiger partial charge in [-0.25, -0.2) is 13.1 Å². The highest BCUT2D eigenvalue weighted by molar-refractivity contribution is 9.10. The predicted octanol–water partition coefficient (Wildman–Crippen LogP) is 1.96. The van der Waals surface area contributed by atoms with Gasteiger partial charge in [-0.15, -0.1) is 0 Å². The molecule has 6 heteroatoms. The van der Waals surface area contributed by atoms with Crippen LogP contribution in [0.3, 0.4) is 0 Å². The van der Waals surface area contributed by atoms with E-state index in [-0.39, 0.29) is 0 Å². The first kappa shape index (κ1) is 12.9. The molecule has 1 aliphatic heterocycles. The highest BCUT2D eigenvalue weighted by Crippen LogP contribution is 2.30. The molecule has 0 bridgehead atoms. The van der Waals surface area contributed by atoms with Crippen molar-refractivity contribution >= 4 is 31.6 Å². The lowest BCUT2D eigenvalue weighted by atomic mass is 10.2. The van der Waals surface area contributed by atoms with E-state index in [0.717, 1.165) is 23.1 Å². The predicted molar refractivity (Wildman–Crippen MR) is 71.8 cm³/mol. The molecular weight excluding hydrogens is 304 g/mol. The molecule has 1 heterocycles. The number of halogens is 1. The van der Waals surface area contributed by atoms with Gasteiger partial charge < -0.3 is 4.90 Å². The molecule has 2 rings (SSSR count). The second-order valence-corrected chi connectivity index (χ2v) is 6.65. The van der Waals surface area contributed by atoms with Gasteiger partial charge in [0, 0.05) is 24.1 Å². The van der Waals surface area contributed by atoms with E-state index in [0.29, 0.717) is 18.0 Å². The van der Waals surface area contributed by atoms with Gasteiger partial charge in [0.25, 0.3) is 0 Å². The lowest BCUT2D eigenvalue weighted by Gasteiger charge is -2.23. The number of sulfonamides is 1. The van der Waals surface area contributed by atoms with Gasteiger partial charge in [-0.05, 0) is 24.6 Å². The van der Waals surface area contributed by atoms with Gasteiger partial charge in [-0.1, -0.05) is 22.9 Å². The molecule has 17 heavy (non-hydrogen) atoms. The van der Waals surface area contributed by atoms with Gasteiger partial charge in [-0.2, -0.15) is 0 Å². The molecule has 0 spiro atoms. The Labute approximate surface area is 110 Å². The Morgan fingerprint density at radius 1 is 1.47 bits per heavy atom. The summed E-state index contributed by atoms with van der Waals surface area (Å²) in [4.78, 5) is 2.47. The van der Waals surface area contributed by atoms with Crippen LogP contribution >= 0.6 is 15.9 Å². The number of hydrogen-bond acceptors (Lipinski definition) is 3. The lowest BCUT2D eigenvalue weighted by molar-refractivity contribution is 0.584. The van der Waals surface area contributed by atoms with Crippen molar-refractivity contribution in [3.05, 3.63) is 22.7 Å². The van der Waals surface area contributed by atoms with E-state index in [1.54, 1.807) is 6.07 Å². The molecule has 1 N–H and O–H groups in total. The van der Waals surface area contributed by atoms with E-state index in [1.165, 1.54) is 0 Å². The van der Waals surface area contributed by atoms with Crippen LogP contribution < -0.4 is 9.62 Å². The number of nitrogens with zero attached hydrogens (tertiary/aromatic N) is 1. The van der Waals surface area contributed by atoms with Crippen LogP contribution in [0.25, 0.3) is 0 Å². The van der Waals surface area contributed by atoms with Crippen LogP contribution in [0.2, 0.25) is 0 Å². The topological polar surface area (TPSA) is 49.4 Å². The van der Waals surface area contributed by atoms with Gasteiger partial charge in [0.05, 0.1) is 5.69 Å². The maximum atomic E-state index is 12.0. The number of rotatable bonds is 2. The Morgan fingerprint density at radius 3 is 2.94 bits per heavy atom. The second kappa shape index (κ2) is 4.96. The third kappa shape index (κ3) is 2.64. The number of fused-ring (bicyclic) bond motifs is 1. The quantitative estimate of drug-likeness (QED) is 0.906. The second-order valence-electron chi connectivity index (χ2n) is 4.00. The minimum absolute atomic E-state index is 0.359. The summed E-state index contributed by atoms with van der Waals surface area (Å²) >= 11 is 3.32. The molecule has 0 radical (unpaired) electrons. The smallest absolute Gasteiger partial charge is 0.242 e. The van der Waals surface area contributed by atoms with Crippen LogP contribution in [0, 0.1) is 0 Å². The van der Waals surface area contributed by atoms with Crippen LogP contribution in [0.4, 0.5) is 5.69 Å². The van der Waals surface area contributed by atoms with Crippen molar-refractivity contribution in [1.29, 1.82) is 0 Å². The molecule has 0 atom stereocenters. The first-order chi connectivity index (χ1) is 8.04. The molecule has 1 aromatic rings. The molecule has 94 valence electrons. The van der Waals surface area contributed by atoms with Gasteiger partial charge in [0.15, 0.2) is 0 Å². The normalized spacial score (nSPS) is 18.6. The summed E-state index contributed by atoms with van der Waals surface area (Å²) in [6.45, 7) is 4.12. The third-order valence-corrected chi connectivity index (χ3v) is 4.70. The zero-order valence-corrected chi connectivity index (χ0v) is 12.0. The Hall–Kier alpha value is -0.590. The van der Waals surface area contributed by atoms with Crippen LogP contribution in [-0.4, -0.2) is 28.1 Å². The van der Waals surface area contributed by atoms with Crippen LogP contribution in [0.5, 0.6) is 0 Å². The molecule has 0 saturated heterocycles. The Morgan fingerprint density at radius 2 is 2.24 bits per heavy atom. The molecular formula is C11H15BrN2O2S. The van der Waals surface area contributed by atoms with Gasteiger partial charge in [0.1, 0.15) is 4.90 Å². The summed E-state index contributed by atoms with van der Waals surface area (Å²) in [7, 11) is -3.37. The molecule has 0 saturated carbocycles. The first-order valence-electron chi connectivity index (χ1n) is 5.59. The molecule has 1 aromatic carbocycles. The fraction of sp³-hybridized carbons (Fsp3) is 0.455. The number of benzene rings is 1. The summed E-state index contributed by atoms with van der Waals surface area (Å²) in [6, 6.07) is 5.40. The van der Waals surface area contributed by atoms with Crippen molar-refractivity contribution in [3.8, 4) is 0 Å². The lowest BCUT2D eigenvalue weighted by Crippen LogP contribution is -2.30. The summed E-state index contributed by atoms with van der Waals surface area (Å²) in [5.74, 6) is 0. The Balaban J connectivity index is 2.56. The highest BCUT2D eigenvalue weighted by atomic mass is 79.9. The fourth-order valence-electron chi connectivity index (χ4n) is 1.98. The number of nitrogens with one attached hydrogen (secondary N) is 1. The molecule has 0 aromatic heterocycles. The number of anilines is 1.